The van der Waals surface area contributed by atoms with Gasteiger partial charge in [0, 0.05) is 24.7 Å². The topological polar surface area (TPSA) is 68.2 Å². The first-order valence-corrected chi connectivity index (χ1v) is 9.86. The van der Waals surface area contributed by atoms with E-state index in [-0.39, 0.29) is 12.4 Å². The van der Waals surface area contributed by atoms with E-state index in [0.717, 1.165) is 37.1 Å². The van der Waals surface area contributed by atoms with Crippen molar-refractivity contribution in [3.8, 4) is 0 Å². The summed E-state index contributed by atoms with van der Waals surface area (Å²) in [7, 11) is 1.94. The van der Waals surface area contributed by atoms with E-state index < -0.39 is 5.54 Å². The van der Waals surface area contributed by atoms with Crippen LogP contribution in [0.2, 0.25) is 0 Å². The largest absolute Gasteiger partial charge is 0.394 e. The fourth-order valence-corrected chi connectivity index (χ4v) is 3.53. The van der Waals surface area contributed by atoms with Gasteiger partial charge >= 0.3 is 0 Å². The summed E-state index contributed by atoms with van der Waals surface area (Å²) in [6.07, 6.45) is 4.96. The lowest BCUT2D eigenvalue weighted by molar-refractivity contribution is 0.0971. The summed E-state index contributed by atoms with van der Waals surface area (Å²) in [5, 5.41) is 9.28. The van der Waals surface area contributed by atoms with Crippen molar-refractivity contribution in [3.63, 3.8) is 0 Å². The Morgan fingerprint density at radius 1 is 1.11 bits per heavy atom. The zero-order chi connectivity index (χ0) is 20.0. The summed E-state index contributed by atoms with van der Waals surface area (Å²) in [5.74, 6) is 0.196. The minimum absolute atomic E-state index is 0.0380. The normalized spacial score (nSPS) is 13.6. The number of hydrogen-bond acceptors (Lipinski definition) is 3. The molecule has 1 atom stereocenters. The number of nitrogens with zero attached hydrogens (tertiary/aromatic N) is 1. The number of aromatic nitrogens is 1. The van der Waals surface area contributed by atoms with Crippen molar-refractivity contribution in [2.24, 2.45) is 12.8 Å². The second kappa shape index (κ2) is 9.34. The molecule has 0 radical (unpaired) electrons. The average molecular weight is 371 g/mol. The van der Waals surface area contributed by atoms with E-state index in [1.165, 1.54) is 16.7 Å². The van der Waals surface area contributed by atoms with Crippen LogP contribution >= 0.6 is 0 Å². The molecule has 2 rings (SSSR count). The third-order valence-corrected chi connectivity index (χ3v) is 5.23. The third-order valence-electron chi connectivity index (χ3n) is 5.23. The molecule has 1 aromatic heterocycles. The minimum atomic E-state index is -0.581. The fourth-order valence-electron chi connectivity index (χ4n) is 3.53. The van der Waals surface area contributed by atoms with Crippen LogP contribution in [-0.2, 0) is 19.9 Å². The van der Waals surface area contributed by atoms with Gasteiger partial charge in [-0.05, 0) is 70.6 Å². The van der Waals surface area contributed by atoms with Crippen LogP contribution in [0.5, 0.6) is 0 Å². The second-order valence-electron chi connectivity index (χ2n) is 8.21. The number of nitrogens with two attached hydrogens (primary N) is 1. The molecule has 0 spiro atoms. The number of carbonyl (C=O) groups excluding carboxylic acids is 1. The van der Waals surface area contributed by atoms with Crippen LogP contribution in [0.1, 0.15) is 65.5 Å². The lowest BCUT2D eigenvalue weighted by Gasteiger charge is -2.21. The van der Waals surface area contributed by atoms with E-state index in [9.17, 15) is 9.90 Å². The maximum absolute atomic E-state index is 12.6. The number of ketones is 1. The Morgan fingerprint density at radius 2 is 1.78 bits per heavy atom. The maximum Gasteiger partial charge on any atom is 0.179 e. The summed E-state index contributed by atoms with van der Waals surface area (Å²) in [6, 6.07) is 10.6. The molecule has 0 unspecified atom stereocenters. The summed E-state index contributed by atoms with van der Waals surface area (Å²) >= 11 is 0. The van der Waals surface area contributed by atoms with Crippen LogP contribution in [-0.4, -0.2) is 27.6 Å². The molecule has 0 amide bonds. The van der Waals surface area contributed by atoms with Crippen molar-refractivity contribution in [3.05, 3.63) is 58.4 Å². The Kier molecular flexibility index (Phi) is 7.40. The number of aliphatic hydroxyl groups is 1. The van der Waals surface area contributed by atoms with E-state index in [1.807, 2.05) is 30.7 Å². The SMILES string of the molecule is Cc1cc(C)cc(CCCCC(=O)c2ccc(CC[C@@](C)(N)CO)n2C)c1. The molecule has 3 N–H and O–H groups in total. The van der Waals surface area contributed by atoms with Gasteiger partial charge in [0.15, 0.2) is 5.78 Å². The van der Waals surface area contributed by atoms with Gasteiger partial charge in [-0.1, -0.05) is 29.3 Å². The van der Waals surface area contributed by atoms with E-state index in [1.54, 1.807) is 0 Å². The number of aliphatic hydroxyl groups excluding tert-OH is 1. The van der Waals surface area contributed by atoms with Crippen LogP contribution < -0.4 is 5.73 Å². The van der Waals surface area contributed by atoms with Crippen molar-refractivity contribution in [1.29, 1.82) is 0 Å². The number of hydrogen-bond donors (Lipinski definition) is 2. The summed E-state index contributed by atoms with van der Waals surface area (Å²) in [4.78, 5) is 12.6. The highest BCUT2D eigenvalue weighted by molar-refractivity contribution is 5.94. The van der Waals surface area contributed by atoms with Crippen molar-refractivity contribution in [1.82, 2.24) is 4.57 Å². The molecule has 4 heteroatoms. The lowest BCUT2D eigenvalue weighted by Crippen LogP contribution is -2.40. The van der Waals surface area contributed by atoms with Gasteiger partial charge in [0.25, 0.3) is 0 Å². The Balaban J connectivity index is 1.84. The minimum Gasteiger partial charge on any atom is -0.394 e. The molecule has 0 aliphatic heterocycles. The Bertz CT molecular complexity index is 754. The Hall–Kier alpha value is -1.91. The van der Waals surface area contributed by atoms with Gasteiger partial charge in [0.1, 0.15) is 0 Å². The van der Waals surface area contributed by atoms with E-state index in [4.69, 9.17) is 5.73 Å². The standard InChI is InChI=1S/C23H34N2O2/c1-17-13-18(2)15-19(14-17)7-5-6-8-22(27)21-10-9-20(25(21)4)11-12-23(3,24)16-26/h9-10,13-15,26H,5-8,11-12,16,24H2,1-4H3/t23-/m1/s1. The number of carbonyl (C=O) groups is 1. The zero-order valence-electron chi connectivity index (χ0n) is 17.2. The Morgan fingerprint density at radius 3 is 2.41 bits per heavy atom. The molecule has 148 valence electrons. The van der Waals surface area contributed by atoms with Crippen molar-refractivity contribution in [2.75, 3.05) is 6.61 Å². The number of rotatable bonds is 10. The third kappa shape index (κ3) is 6.33. The van der Waals surface area contributed by atoms with Crippen LogP contribution in [0.3, 0.4) is 0 Å². The van der Waals surface area contributed by atoms with Gasteiger partial charge in [-0.2, -0.15) is 0 Å². The molecule has 4 nitrogen and oxygen atoms in total. The van der Waals surface area contributed by atoms with Crippen LogP contribution in [0, 0.1) is 13.8 Å². The zero-order valence-corrected chi connectivity index (χ0v) is 17.2. The van der Waals surface area contributed by atoms with Crippen molar-refractivity contribution >= 4 is 5.78 Å². The average Bonchev–Trinajstić information content (AvgIpc) is 2.97. The smallest absolute Gasteiger partial charge is 0.179 e. The predicted octanol–water partition coefficient (Wildman–Crippen LogP) is 3.88. The quantitative estimate of drug-likeness (QED) is 0.493. The van der Waals surface area contributed by atoms with E-state index in [0.29, 0.717) is 12.8 Å². The highest BCUT2D eigenvalue weighted by Crippen LogP contribution is 2.17. The molecular weight excluding hydrogens is 336 g/mol. The highest BCUT2D eigenvalue weighted by Gasteiger charge is 2.19. The van der Waals surface area contributed by atoms with Crippen LogP contribution in [0.15, 0.2) is 30.3 Å². The molecule has 0 aliphatic carbocycles. The molecule has 0 saturated heterocycles. The first-order chi connectivity index (χ1) is 12.7. The van der Waals surface area contributed by atoms with Gasteiger partial charge in [0.05, 0.1) is 12.3 Å². The molecular formula is C23H34N2O2. The van der Waals surface area contributed by atoms with Gasteiger partial charge in [-0.15, -0.1) is 0 Å². The van der Waals surface area contributed by atoms with E-state index >= 15 is 0 Å². The summed E-state index contributed by atoms with van der Waals surface area (Å²) < 4.78 is 1.97. The highest BCUT2D eigenvalue weighted by atomic mass is 16.3. The molecule has 1 aromatic carbocycles. The molecule has 0 aliphatic rings. The number of benzene rings is 1. The predicted molar refractivity (Wildman–Crippen MR) is 111 cm³/mol. The molecule has 0 fully saturated rings. The van der Waals surface area contributed by atoms with Crippen LogP contribution in [0.4, 0.5) is 0 Å². The van der Waals surface area contributed by atoms with Crippen molar-refractivity contribution < 1.29 is 9.90 Å². The van der Waals surface area contributed by atoms with E-state index in [2.05, 4.69) is 32.0 Å². The first kappa shape index (κ1) is 21.4. The van der Waals surface area contributed by atoms with Gasteiger partial charge in [-0.3, -0.25) is 4.79 Å². The van der Waals surface area contributed by atoms with Gasteiger partial charge < -0.3 is 15.4 Å². The van der Waals surface area contributed by atoms with Crippen molar-refractivity contribution in [2.45, 2.75) is 64.8 Å². The van der Waals surface area contributed by atoms with Gasteiger partial charge in [-0.25, -0.2) is 0 Å². The number of unbranched alkanes of at least 4 members (excludes halogenated alkanes) is 1. The Labute approximate surface area is 163 Å². The molecule has 2 aromatic rings. The lowest BCUT2D eigenvalue weighted by atomic mass is 9.97. The molecule has 0 saturated carbocycles. The summed E-state index contributed by atoms with van der Waals surface area (Å²) in [5.41, 5.74) is 11.2. The van der Waals surface area contributed by atoms with Gasteiger partial charge in [0.2, 0.25) is 0 Å². The number of Topliss-reactive ketones (excluding diaryl/α,β-unsaturated/α-hetero) is 1. The monoisotopic (exact) mass is 370 g/mol. The van der Waals surface area contributed by atoms with Crippen LogP contribution in [0.25, 0.3) is 0 Å². The molecule has 0 bridgehead atoms. The molecule has 1 heterocycles. The first-order valence-electron chi connectivity index (χ1n) is 9.86. The molecule has 27 heavy (non-hydrogen) atoms. The maximum atomic E-state index is 12.6. The summed E-state index contributed by atoms with van der Waals surface area (Å²) in [6.45, 7) is 6.06. The fraction of sp³-hybridized carbons (Fsp3) is 0.522. The second-order valence-corrected chi connectivity index (χ2v) is 8.21. The number of aryl methyl sites for hydroxylation is 4.